The van der Waals surface area contributed by atoms with E-state index in [1.165, 1.54) is 0 Å². The van der Waals surface area contributed by atoms with Crippen LogP contribution in [0.5, 0.6) is 5.75 Å². The van der Waals surface area contributed by atoms with Gasteiger partial charge in [0.15, 0.2) is 0 Å². The van der Waals surface area contributed by atoms with Crippen molar-refractivity contribution in [3.63, 3.8) is 0 Å². The number of piperidine rings is 2. The highest BCUT2D eigenvalue weighted by atomic mass is 35.5. The number of fused-ring (bicyclic) bond motifs is 3. The lowest BCUT2D eigenvalue weighted by molar-refractivity contribution is -0.199. The first-order chi connectivity index (χ1) is 28.6. The number of hydrogen-bond donors (Lipinski definition) is 1. The van der Waals surface area contributed by atoms with Crippen LogP contribution >= 0.6 is 11.6 Å². The van der Waals surface area contributed by atoms with Crippen molar-refractivity contribution in [1.82, 2.24) is 24.9 Å². The minimum Gasteiger partial charge on any atom is -0.489 e. The number of nitrogens with zero attached hydrogens (tertiary/aromatic N) is 5. The lowest BCUT2D eigenvalue weighted by Gasteiger charge is -2.65. The molecule has 1 aliphatic carbocycles. The molecule has 60 heavy (non-hydrogen) atoms. The van der Waals surface area contributed by atoms with Crippen molar-refractivity contribution in [2.45, 2.75) is 97.6 Å². The Morgan fingerprint density at radius 2 is 1.50 bits per heavy atom. The highest BCUT2D eigenvalue weighted by Crippen LogP contribution is 2.59. The smallest absolute Gasteiger partial charge is 0.262 e. The number of amides is 6. The van der Waals surface area contributed by atoms with E-state index in [-0.39, 0.29) is 36.8 Å². The molecule has 0 spiro atoms. The number of ether oxygens (including phenoxy) is 1. The first-order valence-corrected chi connectivity index (χ1v) is 21.1. The zero-order valence-electron chi connectivity index (χ0n) is 34.2. The highest BCUT2D eigenvalue weighted by Gasteiger charge is 2.67. The molecule has 5 heterocycles. The third-order valence-corrected chi connectivity index (χ3v) is 14.2. The van der Waals surface area contributed by atoms with Gasteiger partial charge in [-0.2, -0.15) is 5.26 Å². The Balaban J connectivity index is 0.771. The van der Waals surface area contributed by atoms with Crippen LogP contribution in [0.2, 0.25) is 5.02 Å². The summed E-state index contributed by atoms with van der Waals surface area (Å²) in [5.74, 6) is -1.02. The van der Waals surface area contributed by atoms with Crippen molar-refractivity contribution in [2.75, 3.05) is 19.6 Å². The molecule has 0 aromatic heterocycles. The Bertz CT molecular complexity index is 2390. The van der Waals surface area contributed by atoms with Gasteiger partial charge in [-0.3, -0.25) is 43.9 Å². The van der Waals surface area contributed by atoms with E-state index in [4.69, 9.17) is 16.3 Å². The van der Waals surface area contributed by atoms with Gasteiger partial charge in [-0.15, -0.1) is 0 Å². The number of nitrogens with one attached hydrogen (secondary N) is 1. The van der Waals surface area contributed by atoms with Crippen molar-refractivity contribution in [1.29, 1.82) is 5.26 Å². The van der Waals surface area contributed by atoms with E-state index in [1.54, 1.807) is 42.5 Å². The standard InChI is InChI=1S/C46H47ClN6O7/c1-45(2)43(46(3,4)44(45)60-31-7-5-27(21-48)35(47)20-31)52-24-30-17-26(6-8-32(30)40(52)57)39(56)51-15-12-25(13-16-51)11-14-50-22-28-18-33-34(19-29(28)23-50)42(59)53(41(33)58)36-9-10-37(54)49-38(36)55/h5-8,17-20,25,36,43-44H,9-16,22-24H2,1-4H3,(H,49,54,55)/t36?,43-,44-. The van der Waals surface area contributed by atoms with Crippen LogP contribution in [-0.4, -0.2) is 92.9 Å². The van der Waals surface area contributed by atoms with Gasteiger partial charge in [-0.1, -0.05) is 39.3 Å². The van der Waals surface area contributed by atoms with Crippen LogP contribution in [0, 0.1) is 28.1 Å². The minimum atomic E-state index is -0.980. The highest BCUT2D eigenvalue weighted by molar-refractivity contribution is 6.31. The van der Waals surface area contributed by atoms with E-state index in [2.05, 4.69) is 44.0 Å². The maximum Gasteiger partial charge on any atom is 0.262 e. The molecule has 6 aliphatic rings. The number of halogens is 1. The number of hydrogen-bond acceptors (Lipinski definition) is 9. The van der Waals surface area contributed by atoms with Crippen molar-refractivity contribution >= 4 is 47.0 Å². The molecule has 3 aromatic carbocycles. The molecule has 310 valence electrons. The fourth-order valence-corrected chi connectivity index (χ4v) is 11.5. The van der Waals surface area contributed by atoms with Crippen LogP contribution in [0.1, 0.15) is 123 Å². The number of rotatable bonds is 8. The fourth-order valence-electron chi connectivity index (χ4n) is 11.3. The third kappa shape index (κ3) is 6.46. The molecule has 6 amide bonds. The minimum absolute atomic E-state index is 0.0238. The molecule has 0 bridgehead atoms. The molecule has 13 nitrogen and oxygen atoms in total. The average Bonchev–Trinajstić information content (AvgIpc) is 3.84. The SMILES string of the molecule is CC1(C)[C@H](Oc2ccc(C#N)c(Cl)c2)C(C)(C)[C@H]1N1Cc2cc(C(=O)N3CCC(CCN4Cc5cc6c(cc5C4)C(=O)N(C4CCC(=O)NC4=O)C6=O)CC3)ccc2C1=O. The predicted molar refractivity (Wildman–Crippen MR) is 219 cm³/mol. The zero-order valence-corrected chi connectivity index (χ0v) is 34.9. The van der Waals surface area contributed by atoms with Gasteiger partial charge in [0.05, 0.1) is 21.7 Å². The second-order valence-corrected chi connectivity index (χ2v) is 18.9. The largest absolute Gasteiger partial charge is 0.489 e. The summed E-state index contributed by atoms with van der Waals surface area (Å²) in [5.41, 5.74) is 4.30. The fraction of sp³-hybridized carbons (Fsp3) is 0.457. The summed E-state index contributed by atoms with van der Waals surface area (Å²) in [6, 6.07) is 15.1. The van der Waals surface area contributed by atoms with Crippen LogP contribution in [0.15, 0.2) is 48.5 Å². The summed E-state index contributed by atoms with van der Waals surface area (Å²) < 4.78 is 6.46. The summed E-state index contributed by atoms with van der Waals surface area (Å²) in [5, 5.41) is 11.8. The zero-order chi connectivity index (χ0) is 42.4. The number of carbonyl (C=O) groups is 6. The van der Waals surface area contributed by atoms with E-state index >= 15 is 0 Å². The second-order valence-electron chi connectivity index (χ2n) is 18.5. The molecule has 9 rings (SSSR count). The quantitative estimate of drug-likeness (QED) is 0.281. The Morgan fingerprint density at radius 3 is 2.12 bits per heavy atom. The lowest BCUT2D eigenvalue weighted by Crippen LogP contribution is -2.74. The molecule has 3 aromatic rings. The van der Waals surface area contributed by atoms with E-state index in [1.807, 2.05) is 15.9 Å². The van der Waals surface area contributed by atoms with E-state index < -0.39 is 40.5 Å². The number of nitriles is 1. The Hall–Kier alpha value is -5.58. The van der Waals surface area contributed by atoms with E-state index in [9.17, 15) is 34.0 Å². The summed E-state index contributed by atoms with van der Waals surface area (Å²) in [6.07, 6.45) is 2.74. The Morgan fingerprint density at radius 1 is 0.833 bits per heavy atom. The number of benzene rings is 3. The van der Waals surface area contributed by atoms with Crippen molar-refractivity contribution in [2.24, 2.45) is 16.7 Å². The summed E-state index contributed by atoms with van der Waals surface area (Å²) in [4.78, 5) is 85.6. The van der Waals surface area contributed by atoms with Gasteiger partial charge in [0.1, 0.15) is 24.0 Å². The molecular weight excluding hydrogens is 784 g/mol. The predicted octanol–water partition coefficient (Wildman–Crippen LogP) is 5.71. The molecule has 2 saturated heterocycles. The molecule has 3 fully saturated rings. The summed E-state index contributed by atoms with van der Waals surface area (Å²) in [6.45, 7) is 12.3. The third-order valence-electron chi connectivity index (χ3n) is 13.9. The molecule has 1 N–H and O–H groups in total. The molecule has 1 unspecified atom stereocenters. The van der Waals surface area contributed by atoms with Gasteiger partial charge in [0.25, 0.3) is 23.6 Å². The average molecular weight is 831 g/mol. The first-order valence-electron chi connectivity index (χ1n) is 20.8. The topological polar surface area (TPSA) is 160 Å². The van der Waals surface area contributed by atoms with Crippen LogP contribution < -0.4 is 10.1 Å². The number of carbonyl (C=O) groups excluding carboxylic acids is 6. The van der Waals surface area contributed by atoms with Crippen LogP contribution in [-0.2, 0) is 29.2 Å². The van der Waals surface area contributed by atoms with E-state index in [0.717, 1.165) is 47.4 Å². The molecular formula is C46H47ClN6O7. The van der Waals surface area contributed by atoms with Crippen molar-refractivity contribution in [3.8, 4) is 11.8 Å². The van der Waals surface area contributed by atoms with Crippen LogP contribution in [0.4, 0.5) is 0 Å². The van der Waals surface area contributed by atoms with Gasteiger partial charge in [0.2, 0.25) is 11.8 Å². The molecule has 1 saturated carbocycles. The van der Waals surface area contributed by atoms with E-state index in [0.29, 0.717) is 77.2 Å². The summed E-state index contributed by atoms with van der Waals surface area (Å²) in [7, 11) is 0. The van der Waals surface area contributed by atoms with Crippen molar-refractivity contribution in [3.05, 3.63) is 98.1 Å². The van der Waals surface area contributed by atoms with Crippen molar-refractivity contribution < 1.29 is 33.5 Å². The summed E-state index contributed by atoms with van der Waals surface area (Å²) >= 11 is 6.29. The Labute approximate surface area is 353 Å². The number of imide groups is 2. The van der Waals surface area contributed by atoms with Gasteiger partial charge in [-0.05, 0) is 97.3 Å². The first kappa shape index (κ1) is 39.9. The maximum atomic E-state index is 13.9. The van der Waals surface area contributed by atoms with Gasteiger partial charge < -0.3 is 14.5 Å². The Kier molecular flexibility index (Phi) is 9.67. The lowest BCUT2D eigenvalue weighted by atomic mass is 9.49. The second kappa shape index (κ2) is 14.6. The molecule has 14 heteroatoms. The molecule has 5 aliphatic heterocycles. The van der Waals surface area contributed by atoms with Gasteiger partial charge in [-0.25, -0.2) is 0 Å². The monoisotopic (exact) mass is 830 g/mol. The van der Waals surface area contributed by atoms with Gasteiger partial charge >= 0.3 is 0 Å². The van der Waals surface area contributed by atoms with Crippen LogP contribution in [0.3, 0.4) is 0 Å². The molecule has 0 radical (unpaired) electrons. The van der Waals surface area contributed by atoms with Gasteiger partial charge in [0, 0.05) is 73.2 Å². The molecule has 1 atom stereocenters. The normalized spacial score (nSPS) is 24.5. The van der Waals surface area contributed by atoms with Crippen LogP contribution in [0.25, 0.3) is 0 Å². The number of likely N-dealkylation sites (tertiary alicyclic amines) is 1. The maximum absolute atomic E-state index is 13.9.